The standard InChI is InChI=1S/C13H18ClN3O5/c1-13(2,3)22-12(18)15-7-4-8-21-11-9(17(19)20)5-6-10(14)16-11/h5-6H,4,7-8H2,1-3H3,(H,15,18). The van der Waals surface area contributed by atoms with Crippen LogP contribution in [0.25, 0.3) is 0 Å². The summed E-state index contributed by atoms with van der Waals surface area (Å²) < 4.78 is 10.3. The lowest BCUT2D eigenvalue weighted by molar-refractivity contribution is -0.386. The molecule has 0 aliphatic rings. The van der Waals surface area contributed by atoms with Crippen LogP contribution in [-0.2, 0) is 4.74 Å². The van der Waals surface area contributed by atoms with Crippen molar-refractivity contribution in [3.63, 3.8) is 0 Å². The van der Waals surface area contributed by atoms with Gasteiger partial charge in [0.05, 0.1) is 11.5 Å². The summed E-state index contributed by atoms with van der Waals surface area (Å²) in [6.45, 7) is 5.74. The zero-order chi connectivity index (χ0) is 16.8. The number of halogens is 1. The van der Waals surface area contributed by atoms with Gasteiger partial charge in [-0.15, -0.1) is 0 Å². The fourth-order valence-electron chi connectivity index (χ4n) is 1.40. The molecule has 1 N–H and O–H groups in total. The number of rotatable bonds is 6. The fraction of sp³-hybridized carbons (Fsp3) is 0.538. The second kappa shape index (κ2) is 7.79. The van der Waals surface area contributed by atoms with E-state index in [0.29, 0.717) is 13.0 Å². The number of carbonyl (C=O) groups excluding carboxylic acids is 1. The van der Waals surface area contributed by atoms with Gasteiger partial charge in [0.1, 0.15) is 10.8 Å². The predicted octanol–water partition coefficient (Wildman–Crippen LogP) is 2.94. The van der Waals surface area contributed by atoms with Crippen LogP contribution in [0, 0.1) is 10.1 Å². The molecule has 0 atom stereocenters. The molecule has 8 nitrogen and oxygen atoms in total. The van der Waals surface area contributed by atoms with Crippen molar-refractivity contribution in [1.29, 1.82) is 0 Å². The number of nitrogens with one attached hydrogen (secondary N) is 1. The molecule has 0 unspecified atom stereocenters. The third-order valence-corrected chi connectivity index (χ3v) is 2.44. The topological polar surface area (TPSA) is 104 Å². The summed E-state index contributed by atoms with van der Waals surface area (Å²) >= 11 is 5.68. The molecule has 0 spiro atoms. The summed E-state index contributed by atoms with van der Waals surface area (Å²) in [7, 11) is 0. The van der Waals surface area contributed by atoms with Crippen LogP contribution in [0.5, 0.6) is 5.88 Å². The summed E-state index contributed by atoms with van der Waals surface area (Å²) in [6, 6.07) is 2.54. The van der Waals surface area contributed by atoms with E-state index in [0.717, 1.165) is 0 Å². The van der Waals surface area contributed by atoms with Crippen LogP contribution in [-0.4, -0.2) is 34.8 Å². The number of nitrogens with zero attached hydrogens (tertiary/aromatic N) is 2. The first-order valence-electron chi connectivity index (χ1n) is 6.59. The molecule has 0 saturated carbocycles. The molecule has 0 aliphatic heterocycles. The average Bonchev–Trinajstić information content (AvgIpc) is 2.35. The normalized spacial score (nSPS) is 10.9. The highest BCUT2D eigenvalue weighted by molar-refractivity contribution is 6.29. The largest absolute Gasteiger partial charge is 0.473 e. The van der Waals surface area contributed by atoms with Crippen molar-refractivity contribution in [3.05, 3.63) is 27.4 Å². The van der Waals surface area contributed by atoms with Crippen LogP contribution >= 0.6 is 11.6 Å². The monoisotopic (exact) mass is 331 g/mol. The molecule has 0 aliphatic carbocycles. The van der Waals surface area contributed by atoms with E-state index in [1.807, 2.05) is 0 Å². The highest BCUT2D eigenvalue weighted by Gasteiger charge is 2.18. The van der Waals surface area contributed by atoms with Crippen LogP contribution in [0.3, 0.4) is 0 Å². The zero-order valence-corrected chi connectivity index (χ0v) is 13.3. The number of carbonyl (C=O) groups is 1. The van der Waals surface area contributed by atoms with E-state index in [2.05, 4.69) is 10.3 Å². The maximum absolute atomic E-state index is 11.4. The Morgan fingerprint density at radius 1 is 1.45 bits per heavy atom. The number of hydrogen-bond acceptors (Lipinski definition) is 6. The molecule has 0 aromatic carbocycles. The quantitative estimate of drug-likeness (QED) is 0.372. The Morgan fingerprint density at radius 2 is 2.14 bits per heavy atom. The summed E-state index contributed by atoms with van der Waals surface area (Å²) in [5.41, 5.74) is -0.823. The SMILES string of the molecule is CC(C)(C)OC(=O)NCCCOc1nc(Cl)ccc1[N+](=O)[O-]. The van der Waals surface area contributed by atoms with Gasteiger partial charge in [-0.1, -0.05) is 11.6 Å². The van der Waals surface area contributed by atoms with Crippen LogP contribution in [0.15, 0.2) is 12.1 Å². The molecule has 1 amide bonds. The van der Waals surface area contributed by atoms with Crippen LogP contribution in [0.2, 0.25) is 5.15 Å². The number of hydrogen-bond donors (Lipinski definition) is 1. The van der Waals surface area contributed by atoms with Crippen LogP contribution < -0.4 is 10.1 Å². The molecule has 0 fully saturated rings. The van der Waals surface area contributed by atoms with Gasteiger partial charge in [0, 0.05) is 12.6 Å². The minimum Gasteiger partial charge on any atom is -0.473 e. The van der Waals surface area contributed by atoms with E-state index >= 15 is 0 Å². The second-order valence-electron chi connectivity index (χ2n) is 5.35. The Morgan fingerprint density at radius 3 is 2.73 bits per heavy atom. The van der Waals surface area contributed by atoms with E-state index in [1.54, 1.807) is 20.8 Å². The second-order valence-corrected chi connectivity index (χ2v) is 5.73. The van der Waals surface area contributed by atoms with Crippen molar-refractivity contribution in [3.8, 4) is 5.88 Å². The molecule has 122 valence electrons. The van der Waals surface area contributed by atoms with Gasteiger partial charge in [-0.3, -0.25) is 10.1 Å². The Labute approximate surface area is 132 Å². The molecule has 1 heterocycles. The highest BCUT2D eigenvalue weighted by Crippen LogP contribution is 2.26. The number of ether oxygens (including phenoxy) is 2. The van der Waals surface area contributed by atoms with Gasteiger partial charge in [0.25, 0.3) is 5.88 Å². The lowest BCUT2D eigenvalue weighted by Gasteiger charge is -2.19. The van der Waals surface area contributed by atoms with Crippen molar-refractivity contribution in [1.82, 2.24) is 10.3 Å². The highest BCUT2D eigenvalue weighted by atomic mass is 35.5. The van der Waals surface area contributed by atoms with Gasteiger partial charge in [0.2, 0.25) is 0 Å². The Balaban J connectivity index is 2.38. The number of pyridine rings is 1. The van der Waals surface area contributed by atoms with Crippen molar-refractivity contribution >= 4 is 23.4 Å². The lowest BCUT2D eigenvalue weighted by Crippen LogP contribution is -2.33. The number of aromatic nitrogens is 1. The Kier molecular flexibility index (Phi) is 6.36. The van der Waals surface area contributed by atoms with E-state index in [-0.39, 0.29) is 23.3 Å². The first-order chi connectivity index (χ1) is 10.2. The molecule has 0 bridgehead atoms. The molecule has 22 heavy (non-hydrogen) atoms. The van der Waals surface area contributed by atoms with Gasteiger partial charge in [-0.2, -0.15) is 4.98 Å². The van der Waals surface area contributed by atoms with Crippen molar-refractivity contribution < 1.29 is 19.2 Å². The van der Waals surface area contributed by atoms with E-state index in [9.17, 15) is 14.9 Å². The lowest BCUT2D eigenvalue weighted by atomic mass is 10.2. The predicted molar refractivity (Wildman–Crippen MR) is 80.3 cm³/mol. The smallest absolute Gasteiger partial charge is 0.407 e. The number of nitro groups is 1. The Bertz CT molecular complexity index is 545. The molecule has 0 radical (unpaired) electrons. The molecule has 1 aromatic rings. The summed E-state index contributed by atoms with van der Waals surface area (Å²) in [5.74, 6) is -0.144. The van der Waals surface area contributed by atoms with E-state index in [4.69, 9.17) is 21.1 Å². The molecular weight excluding hydrogens is 314 g/mol. The molecule has 9 heteroatoms. The van der Waals surface area contributed by atoms with Gasteiger partial charge in [-0.25, -0.2) is 4.79 Å². The first-order valence-corrected chi connectivity index (χ1v) is 6.97. The van der Waals surface area contributed by atoms with Gasteiger partial charge in [-0.05, 0) is 33.3 Å². The molecule has 1 aromatic heterocycles. The summed E-state index contributed by atoms with van der Waals surface area (Å²) in [4.78, 5) is 25.4. The van der Waals surface area contributed by atoms with E-state index in [1.165, 1.54) is 12.1 Å². The van der Waals surface area contributed by atoms with Gasteiger partial charge in [0.15, 0.2) is 0 Å². The first kappa shape index (κ1) is 18.0. The molecule has 0 saturated heterocycles. The van der Waals surface area contributed by atoms with Crippen molar-refractivity contribution in [2.24, 2.45) is 0 Å². The molecular formula is C13H18ClN3O5. The third kappa shape index (κ3) is 6.57. The summed E-state index contributed by atoms with van der Waals surface area (Å²) in [6.07, 6.45) is -0.0933. The van der Waals surface area contributed by atoms with Gasteiger partial charge >= 0.3 is 11.8 Å². The van der Waals surface area contributed by atoms with Gasteiger partial charge < -0.3 is 14.8 Å². The number of amides is 1. The van der Waals surface area contributed by atoms with Crippen LogP contribution in [0.1, 0.15) is 27.2 Å². The van der Waals surface area contributed by atoms with Crippen LogP contribution in [0.4, 0.5) is 10.5 Å². The zero-order valence-electron chi connectivity index (χ0n) is 12.6. The third-order valence-electron chi connectivity index (χ3n) is 2.23. The van der Waals surface area contributed by atoms with Crippen molar-refractivity contribution in [2.75, 3.05) is 13.2 Å². The average molecular weight is 332 g/mol. The maximum atomic E-state index is 11.4. The maximum Gasteiger partial charge on any atom is 0.407 e. The number of alkyl carbamates (subject to hydrolysis) is 1. The van der Waals surface area contributed by atoms with E-state index < -0.39 is 16.6 Å². The molecule has 1 rings (SSSR count). The van der Waals surface area contributed by atoms with Crippen molar-refractivity contribution in [2.45, 2.75) is 32.8 Å². The minimum atomic E-state index is -0.600. The minimum absolute atomic E-state index is 0.104. The Hall–Kier alpha value is -2.09. The fourth-order valence-corrected chi connectivity index (χ4v) is 1.54. The summed E-state index contributed by atoms with van der Waals surface area (Å²) in [5, 5.41) is 13.5.